The van der Waals surface area contributed by atoms with Gasteiger partial charge >= 0.3 is 5.97 Å². The molecule has 0 aromatic heterocycles. The molecule has 3 heteroatoms. The Labute approximate surface area is 134 Å². The van der Waals surface area contributed by atoms with Crippen LogP contribution in [0.4, 0.5) is 0 Å². The van der Waals surface area contributed by atoms with Gasteiger partial charge in [0.1, 0.15) is 0 Å². The Kier molecular flexibility index (Phi) is 9.52. The number of unbranched alkanes of at least 4 members (excludes halogenated alkanes) is 4. The Bertz CT molecular complexity index is 395. The number of esters is 1. The molecule has 0 spiro atoms. The van der Waals surface area contributed by atoms with E-state index in [2.05, 4.69) is 29.9 Å². The molecule has 0 aliphatic heterocycles. The second-order valence-electron chi connectivity index (χ2n) is 6.03. The van der Waals surface area contributed by atoms with Crippen molar-refractivity contribution in [3.8, 4) is 0 Å². The summed E-state index contributed by atoms with van der Waals surface area (Å²) < 4.78 is 4.62. The topological polar surface area (TPSA) is 43.4 Å². The predicted octanol–water partition coefficient (Wildman–Crippen LogP) is 4.62. The normalized spacial score (nSPS) is 20.9. The lowest BCUT2D eigenvalue weighted by Gasteiger charge is -2.16. The molecule has 2 atom stereocenters. The van der Waals surface area contributed by atoms with Gasteiger partial charge in [-0.25, -0.2) is 0 Å². The van der Waals surface area contributed by atoms with Gasteiger partial charge in [0.05, 0.1) is 7.11 Å². The largest absolute Gasteiger partial charge is 0.469 e. The molecule has 124 valence electrons. The van der Waals surface area contributed by atoms with E-state index in [0.29, 0.717) is 18.1 Å². The number of carbonyl (C=O) groups is 2. The third-order valence-electron chi connectivity index (χ3n) is 4.33. The second-order valence-corrected chi connectivity index (χ2v) is 6.03. The van der Waals surface area contributed by atoms with Gasteiger partial charge in [-0.05, 0) is 37.7 Å². The van der Waals surface area contributed by atoms with Crippen LogP contribution in [0.5, 0.6) is 0 Å². The van der Waals surface area contributed by atoms with Crippen LogP contribution in [0.2, 0.25) is 0 Å². The third kappa shape index (κ3) is 7.06. The summed E-state index contributed by atoms with van der Waals surface area (Å²) in [5.41, 5.74) is 0. The van der Waals surface area contributed by atoms with Crippen LogP contribution < -0.4 is 0 Å². The van der Waals surface area contributed by atoms with E-state index in [-0.39, 0.29) is 11.9 Å². The van der Waals surface area contributed by atoms with E-state index in [0.717, 1.165) is 44.9 Å². The van der Waals surface area contributed by atoms with Gasteiger partial charge in [-0.2, -0.15) is 0 Å². The Hall–Kier alpha value is -1.38. The molecule has 0 unspecified atom stereocenters. The molecule has 22 heavy (non-hydrogen) atoms. The highest BCUT2D eigenvalue weighted by Crippen LogP contribution is 2.30. The number of hydrogen-bond donors (Lipinski definition) is 0. The van der Waals surface area contributed by atoms with Gasteiger partial charge in [0, 0.05) is 12.3 Å². The van der Waals surface area contributed by atoms with Crippen LogP contribution in [0.15, 0.2) is 24.3 Å². The molecule has 0 aromatic rings. The smallest absolute Gasteiger partial charge is 0.305 e. The Balaban J connectivity index is 2.12. The molecule has 1 rings (SSSR count). The summed E-state index contributed by atoms with van der Waals surface area (Å²) in [5.74, 6) is 0.771. The quantitative estimate of drug-likeness (QED) is 0.318. The van der Waals surface area contributed by atoms with Gasteiger partial charge < -0.3 is 4.74 Å². The van der Waals surface area contributed by atoms with Crippen LogP contribution in [-0.4, -0.2) is 18.9 Å². The summed E-state index contributed by atoms with van der Waals surface area (Å²) >= 11 is 0. The molecule has 0 fully saturated rings. The van der Waals surface area contributed by atoms with Crippen molar-refractivity contribution in [2.75, 3.05) is 7.11 Å². The van der Waals surface area contributed by atoms with E-state index in [1.54, 1.807) is 6.08 Å². The monoisotopic (exact) mass is 306 g/mol. The van der Waals surface area contributed by atoms with Crippen LogP contribution in [0.1, 0.15) is 64.7 Å². The maximum atomic E-state index is 11.9. The van der Waals surface area contributed by atoms with Crippen LogP contribution >= 0.6 is 0 Å². The number of allylic oxidation sites excluding steroid dienone is 4. The maximum absolute atomic E-state index is 11.9. The Morgan fingerprint density at radius 3 is 2.64 bits per heavy atom. The van der Waals surface area contributed by atoms with E-state index < -0.39 is 0 Å². The van der Waals surface area contributed by atoms with Crippen molar-refractivity contribution in [3.05, 3.63) is 24.3 Å². The first-order valence-corrected chi connectivity index (χ1v) is 8.62. The first-order chi connectivity index (χ1) is 10.7. The van der Waals surface area contributed by atoms with Gasteiger partial charge in [-0.1, -0.05) is 50.8 Å². The fourth-order valence-electron chi connectivity index (χ4n) is 2.97. The fourth-order valence-corrected chi connectivity index (χ4v) is 2.97. The van der Waals surface area contributed by atoms with Crippen LogP contribution in [0.3, 0.4) is 0 Å². The lowest BCUT2D eigenvalue weighted by Crippen LogP contribution is -2.15. The van der Waals surface area contributed by atoms with Crippen molar-refractivity contribution in [1.29, 1.82) is 0 Å². The van der Waals surface area contributed by atoms with Crippen molar-refractivity contribution in [1.82, 2.24) is 0 Å². The minimum atomic E-state index is -0.113. The van der Waals surface area contributed by atoms with E-state index in [1.807, 2.05) is 0 Å². The predicted molar refractivity (Wildman–Crippen MR) is 89.5 cm³/mol. The maximum Gasteiger partial charge on any atom is 0.305 e. The molecule has 0 heterocycles. The third-order valence-corrected chi connectivity index (χ3v) is 4.33. The first kappa shape index (κ1) is 18.7. The van der Waals surface area contributed by atoms with Crippen molar-refractivity contribution >= 4 is 11.8 Å². The summed E-state index contributed by atoms with van der Waals surface area (Å²) in [6.07, 6.45) is 17.2. The molecule has 0 aromatic carbocycles. The van der Waals surface area contributed by atoms with Crippen molar-refractivity contribution in [2.45, 2.75) is 64.7 Å². The minimum Gasteiger partial charge on any atom is -0.469 e. The summed E-state index contributed by atoms with van der Waals surface area (Å²) in [5, 5.41) is 0. The SMILES string of the molecule is CCC=CC[C@H]1C(=O)C=C[C@@H]1CCCCCCCC(=O)OC. The minimum absolute atomic E-state index is 0.113. The fraction of sp³-hybridized carbons (Fsp3) is 0.684. The van der Waals surface area contributed by atoms with Crippen LogP contribution in [0, 0.1) is 11.8 Å². The van der Waals surface area contributed by atoms with E-state index in [1.165, 1.54) is 13.5 Å². The number of hydrogen-bond acceptors (Lipinski definition) is 3. The zero-order valence-electron chi connectivity index (χ0n) is 14.1. The molecule has 0 bridgehead atoms. The van der Waals surface area contributed by atoms with E-state index >= 15 is 0 Å². The molecular weight excluding hydrogens is 276 g/mol. The van der Waals surface area contributed by atoms with Gasteiger partial charge in [0.25, 0.3) is 0 Å². The molecule has 0 N–H and O–H groups in total. The molecular formula is C19H30O3. The lowest BCUT2D eigenvalue weighted by atomic mass is 9.87. The highest BCUT2D eigenvalue weighted by Gasteiger charge is 2.28. The van der Waals surface area contributed by atoms with Gasteiger partial charge in [-0.3, -0.25) is 9.59 Å². The number of ether oxygens (including phenoxy) is 1. The second kappa shape index (κ2) is 11.2. The molecule has 0 amide bonds. The summed E-state index contributed by atoms with van der Waals surface area (Å²) in [7, 11) is 1.44. The molecule has 1 aliphatic rings. The summed E-state index contributed by atoms with van der Waals surface area (Å²) in [4.78, 5) is 22.9. The van der Waals surface area contributed by atoms with Crippen LogP contribution in [0.25, 0.3) is 0 Å². The molecule has 0 saturated carbocycles. The number of rotatable bonds is 11. The van der Waals surface area contributed by atoms with Gasteiger partial charge in [0.2, 0.25) is 0 Å². The van der Waals surface area contributed by atoms with E-state index in [9.17, 15) is 9.59 Å². The average molecular weight is 306 g/mol. The highest BCUT2D eigenvalue weighted by molar-refractivity contribution is 5.94. The Morgan fingerprint density at radius 2 is 1.91 bits per heavy atom. The van der Waals surface area contributed by atoms with Gasteiger partial charge in [-0.15, -0.1) is 0 Å². The zero-order chi connectivity index (χ0) is 16.2. The zero-order valence-corrected chi connectivity index (χ0v) is 14.1. The van der Waals surface area contributed by atoms with E-state index in [4.69, 9.17) is 0 Å². The van der Waals surface area contributed by atoms with Gasteiger partial charge in [0.15, 0.2) is 5.78 Å². The average Bonchev–Trinajstić information content (AvgIpc) is 2.87. The number of carbonyl (C=O) groups excluding carboxylic acids is 2. The number of methoxy groups -OCH3 is 1. The molecule has 0 saturated heterocycles. The highest BCUT2D eigenvalue weighted by atomic mass is 16.5. The summed E-state index contributed by atoms with van der Waals surface area (Å²) in [6, 6.07) is 0. The van der Waals surface area contributed by atoms with Crippen LogP contribution in [-0.2, 0) is 14.3 Å². The molecule has 3 nitrogen and oxygen atoms in total. The van der Waals surface area contributed by atoms with Crippen molar-refractivity contribution in [2.24, 2.45) is 11.8 Å². The number of ketones is 1. The van der Waals surface area contributed by atoms with Crippen molar-refractivity contribution < 1.29 is 14.3 Å². The Morgan fingerprint density at radius 1 is 1.18 bits per heavy atom. The standard InChI is InChI=1S/C19H30O3/c1-3-4-8-12-17-16(14-15-18(17)20)11-9-6-5-7-10-13-19(21)22-2/h4,8,14-17H,3,5-7,9-13H2,1-2H3/t16-,17+/m0/s1. The summed E-state index contributed by atoms with van der Waals surface area (Å²) in [6.45, 7) is 2.11. The lowest BCUT2D eigenvalue weighted by molar-refractivity contribution is -0.140. The molecule has 0 radical (unpaired) electrons. The van der Waals surface area contributed by atoms with Crippen molar-refractivity contribution in [3.63, 3.8) is 0 Å². The first-order valence-electron chi connectivity index (χ1n) is 8.62. The molecule has 1 aliphatic carbocycles.